The fourth-order valence-electron chi connectivity index (χ4n) is 2.54. The molecule has 0 radical (unpaired) electrons. The molecule has 0 aliphatic carbocycles. The Morgan fingerprint density at radius 1 is 0.650 bits per heavy atom. The van der Waals surface area contributed by atoms with E-state index in [1.54, 1.807) is 48.5 Å². The van der Waals surface area contributed by atoms with Crippen LogP contribution >= 0.6 is 31.9 Å². The third-order valence-electron chi connectivity index (χ3n) is 4.96. The van der Waals surface area contributed by atoms with E-state index in [0.717, 1.165) is 0 Å². The van der Waals surface area contributed by atoms with Crippen LogP contribution in [0.25, 0.3) is 0 Å². The predicted molar refractivity (Wildman–Crippen MR) is 155 cm³/mol. The normalized spacial score (nSPS) is 12.6. The third kappa shape index (κ3) is 17.5. The van der Waals surface area contributed by atoms with E-state index in [1.807, 2.05) is 0 Å². The molecule has 0 unspecified atom stereocenters. The number of hydrogen-bond donors (Lipinski definition) is 2. The molecule has 234 valence electrons. The van der Waals surface area contributed by atoms with Gasteiger partial charge in [0.1, 0.15) is 35.1 Å². The molecule has 0 aromatic heterocycles. The lowest BCUT2D eigenvalue weighted by molar-refractivity contribution is -0.173. The zero-order valence-corrected chi connectivity index (χ0v) is 27.9. The molecule has 0 aromatic rings. The van der Waals surface area contributed by atoms with Gasteiger partial charge in [-0.05, 0) is 48.5 Å². The van der Waals surface area contributed by atoms with Gasteiger partial charge in [0.2, 0.25) is 5.91 Å². The third-order valence-corrected chi connectivity index (χ3v) is 5.60. The summed E-state index contributed by atoms with van der Waals surface area (Å²) in [6.07, 6.45) is 0. The Kier molecular flexibility index (Phi) is 17.7. The van der Waals surface area contributed by atoms with Crippen LogP contribution in [0.2, 0.25) is 0 Å². The topological polar surface area (TPSA) is 162 Å². The molecule has 1 amide bonds. The lowest BCUT2D eigenvalue weighted by Crippen LogP contribution is -2.46. The molecule has 12 nitrogen and oxygen atoms in total. The van der Waals surface area contributed by atoms with E-state index in [9.17, 15) is 19.2 Å². The van der Waals surface area contributed by atoms with Gasteiger partial charge in [-0.1, -0.05) is 31.9 Å². The van der Waals surface area contributed by atoms with Crippen molar-refractivity contribution in [2.75, 3.05) is 72.6 Å². The number of carbonyl (C=O) groups is 4. The molecule has 0 saturated carbocycles. The molecule has 0 aliphatic rings. The van der Waals surface area contributed by atoms with Gasteiger partial charge in [0.05, 0.1) is 43.9 Å². The highest BCUT2D eigenvalue weighted by Crippen LogP contribution is 2.27. The summed E-state index contributed by atoms with van der Waals surface area (Å²) in [5.74, 6) is -2.10. The van der Waals surface area contributed by atoms with Crippen molar-refractivity contribution < 1.29 is 47.6 Å². The molecule has 0 saturated heterocycles. The first-order valence-electron chi connectivity index (χ1n) is 12.9. The van der Waals surface area contributed by atoms with Crippen molar-refractivity contribution in [3.8, 4) is 0 Å². The molecule has 0 aliphatic heterocycles. The smallest absolute Gasteiger partial charge is 0.322 e. The van der Waals surface area contributed by atoms with Crippen molar-refractivity contribution in [2.45, 2.75) is 57.1 Å². The summed E-state index contributed by atoms with van der Waals surface area (Å²) in [6.45, 7) is 12.2. The Balaban J connectivity index is 5.39. The summed E-state index contributed by atoms with van der Waals surface area (Å²) in [7, 11) is 0. The lowest BCUT2D eigenvalue weighted by Gasteiger charge is -2.34. The molecule has 0 atom stereocenters. The van der Waals surface area contributed by atoms with Crippen molar-refractivity contribution in [2.24, 2.45) is 16.6 Å². The van der Waals surface area contributed by atoms with Gasteiger partial charge < -0.3 is 39.5 Å². The average molecular weight is 706 g/mol. The zero-order valence-electron chi connectivity index (χ0n) is 24.7. The zero-order chi connectivity index (χ0) is 31.0. The minimum Gasteiger partial charge on any atom is -0.464 e. The van der Waals surface area contributed by atoms with E-state index in [0.29, 0.717) is 26.4 Å². The van der Waals surface area contributed by atoms with Crippen LogP contribution in [0, 0.1) is 10.8 Å². The molecular weight excluding hydrogens is 660 g/mol. The Hall–Kier alpha value is -1.32. The van der Waals surface area contributed by atoms with Gasteiger partial charge in [-0.3, -0.25) is 19.2 Å². The highest BCUT2D eigenvalue weighted by Gasteiger charge is 2.40. The lowest BCUT2D eigenvalue weighted by atomic mass is 9.91. The second kappa shape index (κ2) is 18.3. The number of carbonyl (C=O) groups excluding carboxylic acids is 4. The van der Waals surface area contributed by atoms with Gasteiger partial charge in [-0.2, -0.15) is 0 Å². The van der Waals surface area contributed by atoms with Gasteiger partial charge >= 0.3 is 17.9 Å². The fourth-order valence-corrected chi connectivity index (χ4v) is 2.77. The van der Waals surface area contributed by atoms with Crippen molar-refractivity contribution in [3.63, 3.8) is 0 Å². The maximum absolute atomic E-state index is 12.6. The summed E-state index contributed by atoms with van der Waals surface area (Å²) in [4.78, 5) is 49.9. The van der Waals surface area contributed by atoms with E-state index < -0.39 is 43.3 Å². The molecule has 0 aromatic carbocycles. The number of esters is 3. The largest absolute Gasteiger partial charge is 0.464 e. The number of nitrogens with one attached hydrogen (secondary N) is 1. The number of halogens is 2. The molecule has 40 heavy (non-hydrogen) atoms. The van der Waals surface area contributed by atoms with Crippen LogP contribution in [-0.4, -0.2) is 105 Å². The summed E-state index contributed by atoms with van der Waals surface area (Å²) in [6, 6.07) is 0. The first-order chi connectivity index (χ1) is 18.3. The Labute approximate surface area is 254 Å². The van der Waals surface area contributed by atoms with E-state index in [4.69, 9.17) is 34.2 Å². The first-order valence-corrected chi connectivity index (χ1v) is 14.5. The molecular formula is C26H46Br2N2O10. The minimum absolute atomic E-state index is 0.223. The average Bonchev–Trinajstić information content (AvgIpc) is 2.83. The number of hydrogen-bond acceptors (Lipinski definition) is 11. The van der Waals surface area contributed by atoms with E-state index in [1.165, 1.54) is 0 Å². The maximum atomic E-state index is 12.6. The number of rotatable bonds is 20. The van der Waals surface area contributed by atoms with Crippen molar-refractivity contribution in [3.05, 3.63) is 0 Å². The van der Waals surface area contributed by atoms with Gasteiger partial charge in [-0.25, -0.2) is 0 Å². The molecule has 0 fully saturated rings. The second-order valence-electron chi connectivity index (χ2n) is 11.3. The van der Waals surface area contributed by atoms with Crippen molar-refractivity contribution in [1.29, 1.82) is 0 Å². The van der Waals surface area contributed by atoms with Gasteiger partial charge in [0.15, 0.2) is 0 Å². The number of alkyl halides is 2. The van der Waals surface area contributed by atoms with Crippen LogP contribution in [0.3, 0.4) is 0 Å². The first kappa shape index (κ1) is 38.7. The van der Waals surface area contributed by atoms with Crippen molar-refractivity contribution in [1.82, 2.24) is 5.32 Å². The Bertz CT molecular complexity index is 731. The standard InChI is InChI=1S/C26H46Br2N2O10/c1-23(2,3)20(32)38-16-26(17-39-21(33)24(4,5)27,18-40-22(34)25(6,7)28)15-37-14-19(31)30-9-11-36-13-12-35-10-8-29/h8-18,29H2,1-7H3,(H,30,31). The molecule has 0 spiro atoms. The van der Waals surface area contributed by atoms with Crippen LogP contribution in [0.15, 0.2) is 0 Å². The highest BCUT2D eigenvalue weighted by molar-refractivity contribution is 9.10. The van der Waals surface area contributed by atoms with E-state index >= 15 is 0 Å². The predicted octanol–water partition coefficient (Wildman–Crippen LogP) is 2.12. The van der Waals surface area contributed by atoms with Crippen LogP contribution in [0.1, 0.15) is 48.5 Å². The summed E-state index contributed by atoms with van der Waals surface area (Å²) >= 11 is 6.51. The monoisotopic (exact) mass is 704 g/mol. The van der Waals surface area contributed by atoms with Gasteiger partial charge in [-0.15, -0.1) is 0 Å². The summed E-state index contributed by atoms with van der Waals surface area (Å²) in [5, 5.41) is 2.66. The molecule has 0 rings (SSSR count). The maximum Gasteiger partial charge on any atom is 0.322 e. The number of amides is 1. The fraction of sp³-hybridized carbons (Fsp3) is 0.846. The summed E-state index contributed by atoms with van der Waals surface area (Å²) in [5.41, 5.74) is 3.23. The van der Waals surface area contributed by atoms with Gasteiger partial charge in [0, 0.05) is 13.1 Å². The number of nitrogens with two attached hydrogens (primary N) is 1. The quantitative estimate of drug-likeness (QED) is 0.0826. The van der Waals surface area contributed by atoms with Crippen molar-refractivity contribution >= 4 is 55.7 Å². The van der Waals surface area contributed by atoms with E-state index in [-0.39, 0.29) is 46.2 Å². The molecule has 0 bridgehead atoms. The van der Waals surface area contributed by atoms with Gasteiger partial charge in [0.25, 0.3) is 0 Å². The summed E-state index contributed by atoms with van der Waals surface area (Å²) < 4.78 is 30.8. The highest BCUT2D eigenvalue weighted by atomic mass is 79.9. The van der Waals surface area contributed by atoms with Crippen LogP contribution in [0.4, 0.5) is 0 Å². The Morgan fingerprint density at radius 2 is 1.10 bits per heavy atom. The molecule has 14 heteroatoms. The second-order valence-corrected chi connectivity index (χ2v) is 15.2. The van der Waals surface area contributed by atoms with Crippen LogP contribution < -0.4 is 11.1 Å². The Morgan fingerprint density at radius 3 is 1.52 bits per heavy atom. The van der Waals surface area contributed by atoms with E-state index in [2.05, 4.69) is 37.2 Å². The molecule has 0 heterocycles. The number of ether oxygens (including phenoxy) is 6. The molecule has 3 N–H and O–H groups in total. The van der Waals surface area contributed by atoms with Crippen LogP contribution in [0.5, 0.6) is 0 Å². The minimum atomic E-state index is -1.30. The van der Waals surface area contributed by atoms with Crippen LogP contribution in [-0.2, 0) is 47.6 Å². The SMILES string of the molecule is CC(C)(C)C(=O)OCC(COCC(=O)NCCOCCOCCN)(COC(=O)C(C)(C)Br)COC(=O)C(C)(C)Br.